The van der Waals surface area contributed by atoms with Crippen molar-refractivity contribution in [2.75, 3.05) is 5.32 Å². The number of carbonyl (C=O) groups is 1. The van der Waals surface area contributed by atoms with Crippen LogP contribution < -0.4 is 5.32 Å². The lowest BCUT2D eigenvalue weighted by atomic mass is 10.2. The number of thiazole rings is 1. The molecule has 2 rings (SSSR count). The highest BCUT2D eigenvalue weighted by Gasteiger charge is 2.11. The Morgan fingerprint density at radius 2 is 2.20 bits per heavy atom. The molecule has 0 saturated heterocycles. The summed E-state index contributed by atoms with van der Waals surface area (Å²) in [4.78, 5) is 15.9. The number of aliphatic carboxylic acids is 1. The van der Waals surface area contributed by atoms with Crippen LogP contribution in [-0.2, 0) is 11.2 Å². The number of aryl methyl sites for hydroxylation is 2. The Labute approximate surface area is 130 Å². The third-order valence-corrected chi connectivity index (χ3v) is 4.60. The maximum absolute atomic E-state index is 10.6. The van der Waals surface area contributed by atoms with Crippen LogP contribution in [0.15, 0.2) is 18.2 Å². The third-order valence-electron chi connectivity index (χ3n) is 2.65. The van der Waals surface area contributed by atoms with Crippen LogP contribution in [0, 0.1) is 6.92 Å². The Balaban J connectivity index is 2.16. The van der Waals surface area contributed by atoms with Crippen LogP contribution in [0.3, 0.4) is 0 Å². The first kappa shape index (κ1) is 15.1. The number of halogens is 2. The van der Waals surface area contributed by atoms with Gasteiger partial charge in [0.25, 0.3) is 0 Å². The minimum absolute atomic E-state index is 0.0976. The number of carboxylic acid groups (broad SMARTS) is 1. The topological polar surface area (TPSA) is 62.2 Å². The third kappa shape index (κ3) is 3.62. The number of hydrogen-bond donors (Lipinski definition) is 2. The van der Waals surface area contributed by atoms with Crippen molar-refractivity contribution in [3.05, 3.63) is 38.8 Å². The molecule has 0 aliphatic carbocycles. The first-order chi connectivity index (χ1) is 9.47. The first-order valence-corrected chi connectivity index (χ1v) is 7.43. The molecule has 0 unspecified atom stereocenters. The molecule has 106 valence electrons. The average molecular weight is 331 g/mol. The highest BCUT2D eigenvalue weighted by Crippen LogP contribution is 2.33. The van der Waals surface area contributed by atoms with E-state index in [4.69, 9.17) is 28.3 Å². The van der Waals surface area contributed by atoms with Gasteiger partial charge in [-0.15, -0.1) is 11.3 Å². The highest BCUT2D eigenvalue weighted by molar-refractivity contribution is 7.15. The summed E-state index contributed by atoms with van der Waals surface area (Å²) in [6.07, 6.45) is 0.574. The average Bonchev–Trinajstić information content (AvgIpc) is 2.73. The molecule has 0 radical (unpaired) electrons. The minimum atomic E-state index is -0.815. The fourth-order valence-electron chi connectivity index (χ4n) is 1.65. The zero-order valence-electron chi connectivity index (χ0n) is 10.6. The molecule has 0 aliphatic rings. The van der Waals surface area contributed by atoms with E-state index in [1.807, 2.05) is 13.0 Å². The summed E-state index contributed by atoms with van der Waals surface area (Å²) in [6.45, 7) is 1.86. The van der Waals surface area contributed by atoms with Crippen molar-refractivity contribution in [1.82, 2.24) is 4.98 Å². The SMILES string of the molecule is Cc1nc(Nc2cccc(Cl)c2Cl)sc1CCC(=O)O. The second-order valence-electron chi connectivity index (χ2n) is 4.15. The maximum atomic E-state index is 10.6. The van der Waals surface area contributed by atoms with E-state index < -0.39 is 5.97 Å². The highest BCUT2D eigenvalue weighted by atomic mass is 35.5. The fraction of sp³-hybridized carbons (Fsp3) is 0.231. The lowest BCUT2D eigenvalue weighted by Crippen LogP contribution is -1.96. The van der Waals surface area contributed by atoms with Gasteiger partial charge in [0.1, 0.15) is 0 Å². The van der Waals surface area contributed by atoms with Crippen molar-refractivity contribution >= 4 is 51.3 Å². The lowest BCUT2D eigenvalue weighted by Gasteiger charge is -2.05. The smallest absolute Gasteiger partial charge is 0.303 e. The molecule has 1 aromatic heterocycles. The number of nitrogens with zero attached hydrogens (tertiary/aromatic N) is 1. The van der Waals surface area contributed by atoms with E-state index in [1.165, 1.54) is 11.3 Å². The maximum Gasteiger partial charge on any atom is 0.303 e. The summed E-state index contributed by atoms with van der Waals surface area (Å²) < 4.78 is 0. The van der Waals surface area contributed by atoms with Gasteiger partial charge in [0.15, 0.2) is 5.13 Å². The number of carboxylic acids is 1. The van der Waals surface area contributed by atoms with Crippen LogP contribution in [0.2, 0.25) is 10.0 Å². The molecule has 1 aromatic carbocycles. The van der Waals surface area contributed by atoms with Gasteiger partial charge in [-0.25, -0.2) is 4.98 Å². The summed E-state index contributed by atoms with van der Waals surface area (Å²) in [5, 5.41) is 13.4. The molecule has 0 spiro atoms. The van der Waals surface area contributed by atoms with Crippen LogP contribution in [0.1, 0.15) is 17.0 Å². The molecule has 2 N–H and O–H groups in total. The van der Waals surface area contributed by atoms with Crippen LogP contribution in [0.4, 0.5) is 10.8 Å². The summed E-state index contributed by atoms with van der Waals surface area (Å²) in [7, 11) is 0. The predicted octanol–water partition coefficient (Wildman–Crippen LogP) is 4.52. The number of hydrogen-bond acceptors (Lipinski definition) is 4. The van der Waals surface area contributed by atoms with E-state index >= 15 is 0 Å². The zero-order valence-corrected chi connectivity index (χ0v) is 12.9. The molecule has 0 saturated carbocycles. The van der Waals surface area contributed by atoms with Crippen molar-refractivity contribution in [2.45, 2.75) is 19.8 Å². The number of rotatable bonds is 5. The fourth-order valence-corrected chi connectivity index (χ4v) is 2.97. The lowest BCUT2D eigenvalue weighted by molar-refractivity contribution is -0.136. The van der Waals surface area contributed by atoms with E-state index in [-0.39, 0.29) is 6.42 Å². The second kappa shape index (κ2) is 6.43. The number of nitrogens with one attached hydrogen (secondary N) is 1. The van der Waals surface area contributed by atoms with Crippen molar-refractivity contribution in [3.8, 4) is 0 Å². The molecular formula is C13H12Cl2N2O2S. The van der Waals surface area contributed by atoms with E-state index in [2.05, 4.69) is 10.3 Å². The molecule has 20 heavy (non-hydrogen) atoms. The summed E-state index contributed by atoms with van der Waals surface area (Å²) in [5.41, 5.74) is 1.51. The quantitative estimate of drug-likeness (QED) is 0.846. The molecule has 2 aromatic rings. The molecule has 0 amide bonds. The normalized spacial score (nSPS) is 10.6. The van der Waals surface area contributed by atoms with E-state index in [0.717, 1.165) is 10.6 Å². The van der Waals surface area contributed by atoms with Gasteiger partial charge in [0.05, 0.1) is 27.8 Å². The van der Waals surface area contributed by atoms with Gasteiger partial charge >= 0.3 is 5.97 Å². The van der Waals surface area contributed by atoms with Crippen molar-refractivity contribution in [1.29, 1.82) is 0 Å². The first-order valence-electron chi connectivity index (χ1n) is 5.86. The Bertz CT molecular complexity index is 643. The van der Waals surface area contributed by atoms with Gasteiger partial charge in [0, 0.05) is 4.88 Å². The predicted molar refractivity (Wildman–Crippen MR) is 82.6 cm³/mol. The molecule has 7 heteroatoms. The monoisotopic (exact) mass is 330 g/mol. The van der Waals surface area contributed by atoms with E-state index in [1.54, 1.807) is 12.1 Å². The molecule has 0 aliphatic heterocycles. The minimum Gasteiger partial charge on any atom is -0.481 e. The number of anilines is 2. The second-order valence-corrected chi connectivity index (χ2v) is 6.02. The Kier molecular flexibility index (Phi) is 4.86. The molecule has 4 nitrogen and oxygen atoms in total. The van der Waals surface area contributed by atoms with Gasteiger partial charge in [0.2, 0.25) is 0 Å². The van der Waals surface area contributed by atoms with Crippen molar-refractivity contribution < 1.29 is 9.90 Å². The van der Waals surface area contributed by atoms with Crippen LogP contribution in [0.25, 0.3) is 0 Å². The molecular weight excluding hydrogens is 319 g/mol. The van der Waals surface area contributed by atoms with E-state index in [0.29, 0.717) is 27.3 Å². The summed E-state index contributed by atoms with van der Waals surface area (Å²) in [5.74, 6) is -0.815. The Morgan fingerprint density at radius 1 is 1.45 bits per heavy atom. The van der Waals surface area contributed by atoms with Gasteiger partial charge < -0.3 is 10.4 Å². The largest absolute Gasteiger partial charge is 0.481 e. The van der Waals surface area contributed by atoms with Crippen molar-refractivity contribution in [2.24, 2.45) is 0 Å². The molecule has 0 bridgehead atoms. The van der Waals surface area contributed by atoms with Gasteiger partial charge in [-0.3, -0.25) is 4.79 Å². The Hall–Kier alpha value is -1.30. The van der Waals surface area contributed by atoms with Crippen LogP contribution in [-0.4, -0.2) is 16.1 Å². The van der Waals surface area contributed by atoms with Gasteiger partial charge in [-0.05, 0) is 25.5 Å². The van der Waals surface area contributed by atoms with Gasteiger partial charge in [-0.1, -0.05) is 29.3 Å². The summed E-state index contributed by atoms with van der Waals surface area (Å²) >= 11 is 13.5. The molecule has 0 fully saturated rings. The summed E-state index contributed by atoms with van der Waals surface area (Å²) in [6, 6.07) is 5.31. The van der Waals surface area contributed by atoms with Crippen molar-refractivity contribution in [3.63, 3.8) is 0 Å². The van der Waals surface area contributed by atoms with Crippen LogP contribution >= 0.6 is 34.5 Å². The molecule has 0 atom stereocenters. The van der Waals surface area contributed by atoms with Gasteiger partial charge in [-0.2, -0.15) is 0 Å². The number of benzene rings is 1. The van der Waals surface area contributed by atoms with E-state index in [9.17, 15) is 4.79 Å². The zero-order chi connectivity index (χ0) is 14.7. The molecule has 1 heterocycles. The Morgan fingerprint density at radius 3 is 2.90 bits per heavy atom. The van der Waals surface area contributed by atoms with Crippen LogP contribution in [0.5, 0.6) is 0 Å². The standard InChI is InChI=1S/C13H12Cl2N2O2S/c1-7-10(5-6-11(18)19)20-13(16-7)17-9-4-2-3-8(14)12(9)15/h2-4H,5-6H2,1H3,(H,16,17)(H,18,19). The number of aromatic nitrogens is 1.